The number of nitrogens with one attached hydrogen (secondary N) is 1. The Labute approximate surface area is 157 Å². The first-order valence-electron chi connectivity index (χ1n) is 7.80. The summed E-state index contributed by atoms with van der Waals surface area (Å²) < 4.78 is 40.4. The van der Waals surface area contributed by atoms with Crippen molar-refractivity contribution in [2.45, 2.75) is 12.6 Å². The van der Waals surface area contributed by atoms with E-state index in [9.17, 15) is 18.0 Å². The summed E-state index contributed by atoms with van der Waals surface area (Å²) in [5.74, 6) is -0.807. The maximum Gasteiger partial charge on any atom is 0.417 e. The fourth-order valence-electron chi connectivity index (χ4n) is 2.42. The van der Waals surface area contributed by atoms with Crippen LogP contribution in [0.25, 0.3) is 5.69 Å². The Morgan fingerprint density at radius 3 is 2.70 bits per heavy atom. The SMILES string of the molecule is O=C(NCCc1ncc(-n2cncn2)cc1Cl)c1ccccc1C(F)(F)F. The number of pyridine rings is 1. The molecule has 3 aromatic rings. The van der Waals surface area contributed by atoms with Gasteiger partial charge in [-0.1, -0.05) is 23.7 Å². The van der Waals surface area contributed by atoms with E-state index in [4.69, 9.17) is 11.6 Å². The zero-order valence-corrected chi connectivity index (χ0v) is 14.5. The van der Waals surface area contributed by atoms with E-state index in [0.717, 1.165) is 12.1 Å². The monoisotopic (exact) mass is 395 g/mol. The minimum absolute atomic E-state index is 0.0837. The minimum Gasteiger partial charge on any atom is -0.352 e. The fourth-order valence-corrected chi connectivity index (χ4v) is 2.68. The topological polar surface area (TPSA) is 72.7 Å². The molecule has 1 N–H and O–H groups in total. The molecular weight excluding hydrogens is 383 g/mol. The van der Waals surface area contributed by atoms with Crippen molar-refractivity contribution >= 4 is 17.5 Å². The van der Waals surface area contributed by atoms with Crippen LogP contribution in [-0.2, 0) is 12.6 Å². The smallest absolute Gasteiger partial charge is 0.352 e. The summed E-state index contributed by atoms with van der Waals surface area (Å²) in [5.41, 5.74) is -0.282. The van der Waals surface area contributed by atoms with Crippen molar-refractivity contribution in [3.8, 4) is 5.69 Å². The van der Waals surface area contributed by atoms with E-state index >= 15 is 0 Å². The standard InChI is InChI=1S/C17H13ClF3N5O/c18-14-7-11(26-10-22-9-25-26)8-24-15(14)5-6-23-16(27)12-3-1-2-4-13(12)17(19,20)21/h1-4,7-10H,5-6H2,(H,23,27). The summed E-state index contributed by atoms with van der Waals surface area (Å²) in [5, 5.41) is 6.78. The predicted molar refractivity (Wildman–Crippen MR) is 91.6 cm³/mol. The molecule has 140 valence electrons. The van der Waals surface area contributed by atoms with Crippen LogP contribution in [0.1, 0.15) is 21.6 Å². The molecule has 0 saturated heterocycles. The Morgan fingerprint density at radius 1 is 1.26 bits per heavy atom. The highest BCUT2D eigenvalue weighted by atomic mass is 35.5. The van der Waals surface area contributed by atoms with Crippen LogP contribution in [0.4, 0.5) is 13.2 Å². The summed E-state index contributed by atoms with van der Waals surface area (Å²) >= 11 is 6.18. The van der Waals surface area contributed by atoms with Crippen LogP contribution >= 0.6 is 11.6 Å². The number of aromatic nitrogens is 4. The van der Waals surface area contributed by atoms with Gasteiger partial charge in [0.15, 0.2) is 0 Å². The molecule has 0 atom stereocenters. The molecule has 0 bridgehead atoms. The molecule has 0 unspecified atom stereocenters. The maximum absolute atomic E-state index is 13.0. The van der Waals surface area contributed by atoms with Crippen LogP contribution in [0.2, 0.25) is 5.02 Å². The first-order chi connectivity index (χ1) is 12.9. The number of halogens is 4. The third kappa shape index (κ3) is 4.43. The van der Waals surface area contributed by atoms with E-state index in [2.05, 4.69) is 20.4 Å². The molecule has 0 aliphatic carbocycles. The van der Waals surface area contributed by atoms with Crippen molar-refractivity contribution in [3.05, 3.63) is 71.0 Å². The highest BCUT2D eigenvalue weighted by Gasteiger charge is 2.34. The second kappa shape index (κ2) is 7.75. The van der Waals surface area contributed by atoms with Crippen molar-refractivity contribution < 1.29 is 18.0 Å². The van der Waals surface area contributed by atoms with Gasteiger partial charge in [-0.3, -0.25) is 9.78 Å². The van der Waals surface area contributed by atoms with Crippen molar-refractivity contribution in [1.82, 2.24) is 25.1 Å². The van der Waals surface area contributed by atoms with Crippen molar-refractivity contribution in [2.75, 3.05) is 6.54 Å². The molecule has 0 spiro atoms. The second-order valence-electron chi connectivity index (χ2n) is 5.51. The van der Waals surface area contributed by atoms with Gasteiger partial charge in [0, 0.05) is 13.0 Å². The quantitative estimate of drug-likeness (QED) is 0.719. The molecule has 3 rings (SSSR count). The van der Waals surface area contributed by atoms with Crippen LogP contribution in [0, 0.1) is 0 Å². The first kappa shape index (κ1) is 18.8. The third-order valence-electron chi connectivity index (χ3n) is 3.71. The molecular formula is C17H13ClF3N5O. The summed E-state index contributed by atoms with van der Waals surface area (Å²) in [6, 6.07) is 6.26. The zero-order chi connectivity index (χ0) is 19.4. The molecule has 1 amide bonds. The average molecular weight is 396 g/mol. The largest absolute Gasteiger partial charge is 0.417 e. The molecule has 0 aliphatic rings. The van der Waals surface area contributed by atoms with Crippen LogP contribution in [0.15, 0.2) is 49.2 Å². The zero-order valence-electron chi connectivity index (χ0n) is 13.7. The fraction of sp³-hybridized carbons (Fsp3) is 0.176. The maximum atomic E-state index is 13.0. The Balaban J connectivity index is 1.64. The van der Waals surface area contributed by atoms with Crippen LogP contribution in [-0.4, -0.2) is 32.2 Å². The lowest BCUT2D eigenvalue weighted by Gasteiger charge is -2.12. The van der Waals surface area contributed by atoms with Gasteiger partial charge in [0.05, 0.1) is 33.7 Å². The molecule has 0 saturated carbocycles. The molecule has 27 heavy (non-hydrogen) atoms. The van der Waals surface area contributed by atoms with Gasteiger partial charge in [-0.2, -0.15) is 18.3 Å². The van der Waals surface area contributed by atoms with E-state index in [1.807, 2.05) is 0 Å². The molecule has 0 aliphatic heterocycles. The van der Waals surface area contributed by atoms with Crippen LogP contribution in [0.5, 0.6) is 0 Å². The Kier molecular flexibility index (Phi) is 5.41. The van der Waals surface area contributed by atoms with E-state index in [1.165, 1.54) is 35.7 Å². The van der Waals surface area contributed by atoms with E-state index < -0.39 is 23.2 Å². The number of hydrogen-bond acceptors (Lipinski definition) is 4. The average Bonchev–Trinajstić information content (AvgIpc) is 3.17. The number of alkyl halides is 3. The summed E-state index contributed by atoms with van der Waals surface area (Å²) in [6.07, 6.45) is 0.0600. The number of benzene rings is 1. The number of nitrogens with zero attached hydrogens (tertiary/aromatic N) is 4. The highest BCUT2D eigenvalue weighted by molar-refractivity contribution is 6.31. The molecule has 2 aromatic heterocycles. The highest BCUT2D eigenvalue weighted by Crippen LogP contribution is 2.31. The number of carbonyl (C=O) groups is 1. The van der Waals surface area contributed by atoms with Gasteiger partial charge >= 0.3 is 6.18 Å². The van der Waals surface area contributed by atoms with Gasteiger partial charge in [-0.15, -0.1) is 0 Å². The summed E-state index contributed by atoms with van der Waals surface area (Å²) in [7, 11) is 0. The van der Waals surface area contributed by atoms with Crippen molar-refractivity contribution in [2.24, 2.45) is 0 Å². The second-order valence-corrected chi connectivity index (χ2v) is 5.92. The van der Waals surface area contributed by atoms with Gasteiger partial charge in [0.2, 0.25) is 0 Å². The van der Waals surface area contributed by atoms with Gasteiger partial charge in [-0.05, 0) is 18.2 Å². The van der Waals surface area contributed by atoms with Crippen LogP contribution in [0.3, 0.4) is 0 Å². The van der Waals surface area contributed by atoms with Gasteiger partial charge in [0.25, 0.3) is 5.91 Å². The van der Waals surface area contributed by atoms with Crippen molar-refractivity contribution in [1.29, 1.82) is 0 Å². The van der Waals surface area contributed by atoms with Crippen molar-refractivity contribution in [3.63, 3.8) is 0 Å². The molecule has 1 aromatic carbocycles. The molecule has 0 radical (unpaired) electrons. The molecule has 0 fully saturated rings. The van der Waals surface area contributed by atoms with E-state index in [1.54, 1.807) is 6.07 Å². The normalized spacial score (nSPS) is 11.4. The number of amides is 1. The number of carbonyl (C=O) groups excluding carboxylic acids is 1. The molecule has 10 heteroatoms. The van der Waals surface area contributed by atoms with Gasteiger partial charge < -0.3 is 5.32 Å². The molecule has 6 nitrogen and oxygen atoms in total. The Bertz CT molecular complexity index is 944. The lowest BCUT2D eigenvalue weighted by atomic mass is 10.1. The summed E-state index contributed by atoms with van der Waals surface area (Å²) in [4.78, 5) is 20.1. The summed E-state index contributed by atoms with van der Waals surface area (Å²) in [6.45, 7) is 0.0837. The van der Waals surface area contributed by atoms with Gasteiger partial charge in [-0.25, -0.2) is 9.67 Å². The third-order valence-corrected chi connectivity index (χ3v) is 4.04. The predicted octanol–water partition coefficient (Wildman–Crippen LogP) is 3.31. The number of rotatable bonds is 5. The van der Waals surface area contributed by atoms with Gasteiger partial charge in [0.1, 0.15) is 12.7 Å². The van der Waals surface area contributed by atoms with E-state index in [0.29, 0.717) is 16.4 Å². The number of hydrogen-bond donors (Lipinski definition) is 1. The van der Waals surface area contributed by atoms with E-state index in [-0.39, 0.29) is 13.0 Å². The Hall–Kier alpha value is -2.94. The first-order valence-corrected chi connectivity index (χ1v) is 8.18. The Morgan fingerprint density at radius 2 is 2.04 bits per heavy atom. The minimum atomic E-state index is -4.60. The lowest BCUT2D eigenvalue weighted by molar-refractivity contribution is -0.137. The molecule has 2 heterocycles. The van der Waals surface area contributed by atoms with Crippen LogP contribution < -0.4 is 5.32 Å². The lowest BCUT2D eigenvalue weighted by Crippen LogP contribution is -2.28.